The fourth-order valence-corrected chi connectivity index (χ4v) is 8.51. The molecule has 2 N–H and O–H groups in total. The molecule has 6 unspecified atom stereocenters. The van der Waals surface area contributed by atoms with E-state index < -0.39 is 40.9 Å². The van der Waals surface area contributed by atoms with Crippen LogP contribution in [0.1, 0.15) is 48.8 Å². The Balaban J connectivity index is 1.45. The highest BCUT2D eigenvalue weighted by atomic mass is 16.5. The zero-order chi connectivity index (χ0) is 32.3. The highest BCUT2D eigenvalue weighted by Gasteiger charge is 2.70. The number of phenols is 1. The summed E-state index contributed by atoms with van der Waals surface area (Å²) >= 11 is 0. The molecule has 0 bridgehead atoms. The number of rotatable bonds is 7. The summed E-state index contributed by atoms with van der Waals surface area (Å²) in [6, 6.07) is 21.9. The lowest BCUT2D eigenvalue weighted by Crippen LogP contribution is -2.53. The molecule has 0 radical (unpaired) electrons. The number of nitrogens with zero attached hydrogens (tertiary/aromatic N) is 2. The summed E-state index contributed by atoms with van der Waals surface area (Å²) in [7, 11) is 1.46. The average molecular weight is 620 g/mol. The number of anilines is 1. The summed E-state index contributed by atoms with van der Waals surface area (Å²) in [4.78, 5) is 58.6. The van der Waals surface area contributed by atoms with E-state index in [0.717, 1.165) is 16.1 Å². The van der Waals surface area contributed by atoms with Gasteiger partial charge in [0.15, 0.2) is 11.5 Å². The van der Waals surface area contributed by atoms with Crippen LogP contribution in [0, 0.1) is 30.6 Å². The van der Waals surface area contributed by atoms with Crippen molar-refractivity contribution in [3.05, 3.63) is 101 Å². The highest BCUT2D eigenvalue weighted by Crippen LogP contribution is 2.64. The number of hydrogen-bond acceptors (Lipinski definition) is 7. The van der Waals surface area contributed by atoms with Crippen molar-refractivity contribution in [1.82, 2.24) is 9.91 Å². The third-order valence-corrected chi connectivity index (χ3v) is 10.5. The summed E-state index contributed by atoms with van der Waals surface area (Å²) < 4.78 is 5.51. The van der Waals surface area contributed by atoms with Crippen molar-refractivity contribution in [3.63, 3.8) is 0 Å². The van der Waals surface area contributed by atoms with Crippen molar-refractivity contribution in [1.29, 1.82) is 0 Å². The summed E-state index contributed by atoms with van der Waals surface area (Å²) in [5, 5.41) is 11.7. The van der Waals surface area contributed by atoms with Crippen LogP contribution in [-0.2, 0) is 24.6 Å². The van der Waals surface area contributed by atoms with Gasteiger partial charge in [0.1, 0.15) is 0 Å². The molecule has 2 aliphatic heterocycles. The van der Waals surface area contributed by atoms with Gasteiger partial charge >= 0.3 is 0 Å². The lowest BCUT2D eigenvalue weighted by molar-refractivity contribution is -0.141. The first-order valence-corrected chi connectivity index (χ1v) is 15.9. The first-order chi connectivity index (χ1) is 22.2. The van der Waals surface area contributed by atoms with Crippen LogP contribution in [0.15, 0.2) is 84.4 Å². The van der Waals surface area contributed by atoms with Crippen LogP contribution in [0.4, 0.5) is 5.69 Å². The van der Waals surface area contributed by atoms with Gasteiger partial charge < -0.3 is 9.84 Å². The van der Waals surface area contributed by atoms with E-state index in [4.69, 9.17) is 4.74 Å². The maximum absolute atomic E-state index is 15.1. The topological polar surface area (TPSA) is 116 Å². The van der Waals surface area contributed by atoms with Crippen molar-refractivity contribution < 1.29 is 29.0 Å². The van der Waals surface area contributed by atoms with Crippen molar-refractivity contribution >= 4 is 29.3 Å². The van der Waals surface area contributed by atoms with Gasteiger partial charge in [-0.2, -0.15) is 5.01 Å². The normalized spacial score (nSPS) is 28.5. The second-order valence-electron chi connectivity index (χ2n) is 12.9. The van der Waals surface area contributed by atoms with Crippen molar-refractivity contribution in [2.24, 2.45) is 23.7 Å². The number of ether oxygens (including phenoxy) is 1. The molecule has 0 aromatic heterocycles. The second kappa shape index (κ2) is 11.2. The summed E-state index contributed by atoms with van der Waals surface area (Å²) in [6.07, 6.45) is 3.30. The number of amides is 4. The van der Waals surface area contributed by atoms with Gasteiger partial charge in [0, 0.05) is 12.5 Å². The minimum absolute atomic E-state index is 0.0510. The summed E-state index contributed by atoms with van der Waals surface area (Å²) in [6.45, 7) is 4.26. The molecule has 4 aliphatic rings. The number of phenolic OH excluding ortho intramolecular Hbond substituents is 1. The molecule has 236 valence electrons. The molecule has 9 nitrogen and oxygen atoms in total. The van der Waals surface area contributed by atoms with Gasteiger partial charge in [-0.1, -0.05) is 72.7 Å². The third kappa shape index (κ3) is 4.21. The van der Waals surface area contributed by atoms with E-state index in [0.29, 0.717) is 36.2 Å². The van der Waals surface area contributed by atoms with E-state index in [-0.39, 0.29) is 35.6 Å². The molecule has 0 spiro atoms. The van der Waals surface area contributed by atoms with Crippen molar-refractivity contribution in [2.45, 2.75) is 44.4 Å². The molecule has 3 aromatic rings. The minimum Gasteiger partial charge on any atom is -0.504 e. The SMILES string of the molecule is CCCN1C(=O)C2CC=C3C(CC4C(=O)N(Nc5ccc(C)cc5)C(=O)C4(c4ccccc4)C3c3ccc(O)c(OC)c3)C2C1=O. The Labute approximate surface area is 267 Å². The maximum atomic E-state index is 15.1. The summed E-state index contributed by atoms with van der Waals surface area (Å²) in [5.41, 5.74) is 5.61. The number of fused-ring (bicyclic) bond motifs is 4. The number of aryl methyl sites for hydroxylation is 1. The minimum atomic E-state index is -1.37. The monoisotopic (exact) mass is 619 g/mol. The van der Waals surface area contributed by atoms with Gasteiger partial charge in [-0.15, -0.1) is 0 Å². The van der Waals surface area contributed by atoms with Crippen LogP contribution >= 0.6 is 0 Å². The molecule has 4 amide bonds. The quantitative estimate of drug-likeness (QED) is 0.279. The molecule has 3 aromatic carbocycles. The van der Waals surface area contributed by atoms with Gasteiger partial charge in [-0.25, -0.2) is 0 Å². The fourth-order valence-electron chi connectivity index (χ4n) is 8.51. The lowest BCUT2D eigenvalue weighted by atomic mass is 9.49. The number of hydrazine groups is 1. The lowest BCUT2D eigenvalue weighted by Gasteiger charge is -2.50. The third-order valence-electron chi connectivity index (χ3n) is 10.5. The molecule has 6 atom stereocenters. The molecule has 9 heteroatoms. The van der Waals surface area contributed by atoms with Crippen molar-refractivity contribution in [3.8, 4) is 11.5 Å². The molecule has 7 rings (SSSR count). The van der Waals surface area contributed by atoms with Gasteiger partial charge in [0.25, 0.3) is 11.8 Å². The number of imide groups is 2. The second-order valence-corrected chi connectivity index (χ2v) is 12.9. The molecule has 2 saturated heterocycles. The van der Waals surface area contributed by atoms with Crippen LogP contribution in [-0.4, -0.2) is 52.3 Å². The van der Waals surface area contributed by atoms with Crippen LogP contribution in [0.3, 0.4) is 0 Å². The number of likely N-dealkylation sites (tertiary alicyclic amines) is 1. The number of hydrogen-bond donors (Lipinski definition) is 2. The molecular formula is C37H37N3O6. The molecule has 2 aliphatic carbocycles. The fraction of sp³-hybridized carbons (Fsp3) is 0.351. The zero-order valence-corrected chi connectivity index (χ0v) is 26.1. The van der Waals surface area contributed by atoms with E-state index in [9.17, 15) is 19.5 Å². The van der Waals surface area contributed by atoms with E-state index in [1.54, 1.807) is 12.1 Å². The number of methoxy groups -OCH3 is 1. The van der Waals surface area contributed by atoms with E-state index >= 15 is 4.79 Å². The molecule has 1 saturated carbocycles. The van der Waals surface area contributed by atoms with Gasteiger partial charge in [0.2, 0.25) is 11.8 Å². The van der Waals surface area contributed by atoms with Crippen LogP contribution in [0.25, 0.3) is 0 Å². The Morgan fingerprint density at radius 2 is 1.67 bits per heavy atom. The molecular weight excluding hydrogens is 582 g/mol. The maximum Gasteiger partial charge on any atom is 0.260 e. The Kier molecular flexibility index (Phi) is 7.22. The Morgan fingerprint density at radius 1 is 0.935 bits per heavy atom. The number of benzene rings is 3. The van der Waals surface area contributed by atoms with E-state index in [1.807, 2.05) is 74.5 Å². The van der Waals surface area contributed by atoms with Gasteiger partial charge in [0.05, 0.1) is 36.0 Å². The number of carbonyl (C=O) groups is 4. The van der Waals surface area contributed by atoms with Gasteiger partial charge in [-0.3, -0.25) is 29.5 Å². The molecule has 46 heavy (non-hydrogen) atoms. The van der Waals surface area contributed by atoms with E-state index in [1.165, 1.54) is 18.1 Å². The largest absolute Gasteiger partial charge is 0.504 e. The van der Waals surface area contributed by atoms with Crippen LogP contribution in [0.2, 0.25) is 0 Å². The van der Waals surface area contributed by atoms with Crippen LogP contribution in [0.5, 0.6) is 11.5 Å². The highest BCUT2D eigenvalue weighted by molar-refractivity contribution is 6.13. The predicted octanol–water partition coefficient (Wildman–Crippen LogP) is 5.10. The Hall–Kier alpha value is -4.92. The number of allylic oxidation sites excluding steroid dienone is 2. The average Bonchev–Trinajstić information content (AvgIpc) is 3.44. The first-order valence-electron chi connectivity index (χ1n) is 15.9. The number of aromatic hydroxyl groups is 1. The Morgan fingerprint density at radius 3 is 2.37 bits per heavy atom. The number of carbonyl (C=O) groups excluding carboxylic acids is 4. The summed E-state index contributed by atoms with van der Waals surface area (Å²) in [5.74, 6) is -4.02. The number of nitrogens with one attached hydrogen (secondary N) is 1. The zero-order valence-electron chi connectivity index (χ0n) is 26.1. The predicted molar refractivity (Wildman–Crippen MR) is 170 cm³/mol. The Bertz CT molecular complexity index is 1770. The molecule has 3 fully saturated rings. The standard InChI is InChI=1S/C37H37N3O6/c1-4-18-39-33(42)26-16-15-25-27(31(26)35(39)44)20-28-34(43)40(38-24-13-10-21(2)11-14-24)36(45)37(28,23-8-6-5-7-9-23)32(25)22-12-17-29(41)30(19-22)46-3/h5-15,17,19,26-28,31-32,38,41H,4,16,18,20H2,1-3H3. The first kappa shape index (κ1) is 29.8. The molecule has 2 heterocycles. The van der Waals surface area contributed by atoms with Crippen molar-refractivity contribution in [2.75, 3.05) is 19.1 Å². The van der Waals surface area contributed by atoms with E-state index in [2.05, 4.69) is 5.43 Å². The van der Waals surface area contributed by atoms with Crippen LogP contribution < -0.4 is 10.2 Å². The van der Waals surface area contributed by atoms with Gasteiger partial charge in [-0.05, 0) is 67.5 Å². The smallest absolute Gasteiger partial charge is 0.260 e.